The third-order valence-corrected chi connectivity index (χ3v) is 5.82. The van der Waals surface area contributed by atoms with Crippen LogP contribution in [0.5, 0.6) is 5.75 Å². The standard InChI is InChI=1S/C22H18N4O2S/c1-13-19(20(26-22(27)24-13)16-4-3-5-17(10-16)28-2)21-25-18(12-29-21)15-8-6-14(11-23)7-9-15/h3-10,12,19-20H,1-2H3,(H,26,27). The molecule has 2 unspecified atom stereocenters. The molecule has 2 atom stereocenters. The van der Waals surface area contributed by atoms with Crippen molar-refractivity contribution in [2.45, 2.75) is 18.9 Å². The lowest BCUT2D eigenvalue weighted by atomic mass is 9.88. The Hall–Kier alpha value is -3.50. The summed E-state index contributed by atoms with van der Waals surface area (Å²) < 4.78 is 5.34. The molecule has 3 aromatic rings. The second-order valence-electron chi connectivity index (χ2n) is 6.69. The molecule has 144 valence electrons. The monoisotopic (exact) mass is 402 g/mol. The number of nitrogens with one attached hydrogen (secondary N) is 1. The Kier molecular flexibility index (Phi) is 5.10. The number of aliphatic imine (C=N–C) groups is 1. The number of aromatic nitrogens is 1. The van der Waals surface area contributed by atoms with Crippen molar-refractivity contribution < 1.29 is 9.53 Å². The largest absolute Gasteiger partial charge is 0.497 e. The molecule has 1 N–H and O–H groups in total. The van der Waals surface area contributed by atoms with Crippen molar-refractivity contribution in [3.63, 3.8) is 0 Å². The van der Waals surface area contributed by atoms with Crippen LogP contribution < -0.4 is 10.1 Å². The molecule has 0 saturated carbocycles. The minimum atomic E-state index is -0.351. The fourth-order valence-electron chi connectivity index (χ4n) is 3.43. The van der Waals surface area contributed by atoms with E-state index in [0.717, 1.165) is 33.3 Å². The van der Waals surface area contributed by atoms with Gasteiger partial charge >= 0.3 is 6.03 Å². The van der Waals surface area contributed by atoms with E-state index in [1.807, 2.05) is 48.7 Å². The average molecular weight is 402 g/mol. The van der Waals surface area contributed by atoms with Crippen molar-refractivity contribution in [1.82, 2.24) is 10.3 Å². The van der Waals surface area contributed by atoms with E-state index < -0.39 is 0 Å². The third kappa shape index (κ3) is 3.75. The Morgan fingerprint density at radius 3 is 2.72 bits per heavy atom. The maximum absolute atomic E-state index is 12.1. The first kappa shape index (κ1) is 18.8. The molecule has 6 nitrogen and oxygen atoms in total. The molecular weight excluding hydrogens is 384 g/mol. The van der Waals surface area contributed by atoms with Crippen molar-refractivity contribution in [3.05, 3.63) is 70.0 Å². The molecule has 29 heavy (non-hydrogen) atoms. The lowest BCUT2D eigenvalue weighted by Gasteiger charge is -2.30. The quantitative estimate of drug-likeness (QED) is 0.685. The highest BCUT2D eigenvalue weighted by atomic mass is 32.1. The molecule has 1 aromatic heterocycles. The maximum Gasteiger partial charge on any atom is 0.341 e. The van der Waals surface area contributed by atoms with E-state index in [1.165, 1.54) is 11.3 Å². The summed E-state index contributed by atoms with van der Waals surface area (Å²) in [6.07, 6.45) is 0. The number of rotatable bonds is 4. The Labute approximate surface area is 172 Å². The zero-order valence-corrected chi connectivity index (χ0v) is 16.7. The van der Waals surface area contributed by atoms with Crippen LogP contribution in [0.4, 0.5) is 4.79 Å². The van der Waals surface area contributed by atoms with Gasteiger partial charge in [-0.1, -0.05) is 24.3 Å². The Morgan fingerprint density at radius 1 is 1.21 bits per heavy atom. The molecule has 2 amide bonds. The highest BCUT2D eigenvalue weighted by Crippen LogP contribution is 2.38. The molecule has 2 heterocycles. The van der Waals surface area contributed by atoms with Crippen LogP contribution in [0.2, 0.25) is 0 Å². The zero-order valence-electron chi connectivity index (χ0n) is 15.9. The molecule has 0 aliphatic carbocycles. The third-order valence-electron chi connectivity index (χ3n) is 4.89. The van der Waals surface area contributed by atoms with Gasteiger partial charge in [-0.3, -0.25) is 0 Å². The second-order valence-corrected chi connectivity index (χ2v) is 7.58. The molecule has 0 saturated heterocycles. The number of thiazole rings is 1. The molecule has 4 rings (SSSR count). The summed E-state index contributed by atoms with van der Waals surface area (Å²) in [4.78, 5) is 21.1. The van der Waals surface area contributed by atoms with Crippen LogP contribution >= 0.6 is 11.3 Å². The van der Waals surface area contributed by atoms with Gasteiger partial charge in [-0.2, -0.15) is 5.26 Å². The van der Waals surface area contributed by atoms with Crippen LogP contribution in [0, 0.1) is 11.3 Å². The average Bonchev–Trinajstić information content (AvgIpc) is 3.23. The zero-order chi connectivity index (χ0) is 20.4. The Balaban J connectivity index is 1.72. The van der Waals surface area contributed by atoms with E-state index >= 15 is 0 Å². The van der Waals surface area contributed by atoms with Crippen LogP contribution in [0.1, 0.15) is 35.0 Å². The van der Waals surface area contributed by atoms with E-state index in [2.05, 4.69) is 16.4 Å². The molecular formula is C22H18N4O2S. The van der Waals surface area contributed by atoms with Gasteiger partial charge < -0.3 is 10.1 Å². The summed E-state index contributed by atoms with van der Waals surface area (Å²) in [5.41, 5.74) is 4.05. The van der Waals surface area contributed by atoms with E-state index in [-0.39, 0.29) is 18.0 Å². The Morgan fingerprint density at radius 2 is 2.00 bits per heavy atom. The summed E-state index contributed by atoms with van der Waals surface area (Å²) >= 11 is 1.53. The van der Waals surface area contributed by atoms with Crippen LogP contribution in [-0.2, 0) is 0 Å². The van der Waals surface area contributed by atoms with Gasteiger partial charge in [0.25, 0.3) is 0 Å². The molecule has 7 heteroatoms. The van der Waals surface area contributed by atoms with E-state index in [0.29, 0.717) is 5.56 Å². The first-order chi connectivity index (χ1) is 14.1. The lowest BCUT2D eigenvalue weighted by Crippen LogP contribution is -2.38. The summed E-state index contributed by atoms with van der Waals surface area (Å²) in [7, 11) is 1.62. The minimum Gasteiger partial charge on any atom is -0.497 e. The van der Waals surface area contributed by atoms with Crippen LogP contribution in [0.3, 0.4) is 0 Å². The topological polar surface area (TPSA) is 87.4 Å². The highest BCUT2D eigenvalue weighted by molar-refractivity contribution is 7.10. The smallest absolute Gasteiger partial charge is 0.341 e. The van der Waals surface area contributed by atoms with Gasteiger partial charge in [0, 0.05) is 16.7 Å². The molecule has 1 aliphatic rings. The molecule has 0 fully saturated rings. The minimum absolute atomic E-state index is 0.170. The summed E-state index contributed by atoms with van der Waals surface area (Å²) in [5, 5.41) is 14.8. The van der Waals surface area contributed by atoms with Gasteiger partial charge in [0.15, 0.2) is 0 Å². The highest BCUT2D eigenvalue weighted by Gasteiger charge is 2.35. The summed E-state index contributed by atoms with van der Waals surface area (Å²) in [5.74, 6) is 0.560. The van der Waals surface area contributed by atoms with Gasteiger partial charge in [-0.15, -0.1) is 11.3 Å². The number of hydrogen-bond donors (Lipinski definition) is 1. The van der Waals surface area contributed by atoms with E-state index in [4.69, 9.17) is 15.0 Å². The number of nitriles is 1. The number of carbonyl (C=O) groups excluding carboxylic acids is 1. The fourth-order valence-corrected chi connectivity index (χ4v) is 4.46. The number of methoxy groups -OCH3 is 1. The number of ether oxygens (including phenoxy) is 1. The summed E-state index contributed by atoms with van der Waals surface area (Å²) in [6, 6.07) is 16.5. The molecule has 0 radical (unpaired) electrons. The number of nitrogens with zero attached hydrogens (tertiary/aromatic N) is 3. The van der Waals surface area contributed by atoms with Crippen molar-refractivity contribution >= 4 is 23.1 Å². The number of carbonyl (C=O) groups is 1. The molecule has 0 spiro atoms. The lowest BCUT2D eigenvalue weighted by molar-refractivity contribution is 0.243. The van der Waals surface area contributed by atoms with Gasteiger partial charge in [-0.25, -0.2) is 14.8 Å². The molecule has 0 bridgehead atoms. The van der Waals surface area contributed by atoms with Gasteiger partial charge in [0.1, 0.15) is 10.8 Å². The molecule has 2 aromatic carbocycles. The second kappa shape index (κ2) is 7.86. The van der Waals surface area contributed by atoms with Crippen molar-refractivity contribution in [3.8, 4) is 23.1 Å². The van der Waals surface area contributed by atoms with Gasteiger partial charge in [0.05, 0.1) is 36.4 Å². The summed E-state index contributed by atoms with van der Waals surface area (Å²) in [6.45, 7) is 1.86. The van der Waals surface area contributed by atoms with Crippen LogP contribution in [0.25, 0.3) is 11.3 Å². The fraction of sp³-hybridized carbons (Fsp3) is 0.182. The van der Waals surface area contributed by atoms with Crippen molar-refractivity contribution in [2.75, 3.05) is 7.11 Å². The van der Waals surface area contributed by atoms with Crippen LogP contribution in [-0.4, -0.2) is 23.8 Å². The van der Waals surface area contributed by atoms with E-state index in [1.54, 1.807) is 19.2 Å². The first-order valence-electron chi connectivity index (χ1n) is 9.04. The first-order valence-corrected chi connectivity index (χ1v) is 9.92. The van der Waals surface area contributed by atoms with Crippen LogP contribution in [0.15, 0.2) is 58.9 Å². The maximum atomic E-state index is 12.1. The Bertz CT molecular complexity index is 1130. The molecule has 1 aliphatic heterocycles. The number of amides is 2. The number of benzene rings is 2. The van der Waals surface area contributed by atoms with Gasteiger partial charge in [-0.05, 0) is 36.8 Å². The van der Waals surface area contributed by atoms with Crippen molar-refractivity contribution in [1.29, 1.82) is 5.26 Å². The predicted octanol–water partition coefficient (Wildman–Crippen LogP) is 4.70. The number of urea groups is 1. The SMILES string of the molecule is COc1cccc(C2NC(=O)N=C(C)C2c2nc(-c3ccc(C#N)cc3)cs2)c1. The van der Waals surface area contributed by atoms with Gasteiger partial charge in [0.2, 0.25) is 0 Å². The van der Waals surface area contributed by atoms with Crippen molar-refractivity contribution in [2.24, 2.45) is 4.99 Å². The number of hydrogen-bond acceptors (Lipinski definition) is 5. The normalized spacial score (nSPS) is 18.5. The van der Waals surface area contributed by atoms with E-state index in [9.17, 15) is 4.79 Å². The predicted molar refractivity (Wildman–Crippen MR) is 112 cm³/mol.